The van der Waals surface area contributed by atoms with E-state index in [4.69, 9.17) is 9.26 Å². The maximum atomic E-state index is 13.4. The molecule has 2 aromatic heterocycles. The van der Waals surface area contributed by atoms with Gasteiger partial charge in [-0.25, -0.2) is 4.39 Å². The summed E-state index contributed by atoms with van der Waals surface area (Å²) in [5, 5.41) is 13.6. The summed E-state index contributed by atoms with van der Waals surface area (Å²) in [6.45, 7) is 3.47. The Labute approximate surface area is 172 Å². The van der Waals surface area contributed by atoms with E-state index in [1.807, 2.05) is 6.92 Å². The molecular weight excluding hydrogens is 393 g/mol. The minimum atomic E-state index is -0.273. The molecule has 2 fully saturated rings. The Kier molecular flexibility index (Phi) is 5.09. The third-order valence-corrected chi connectivity index (χ3v) is 6.33. The molecule has 2 aliphatic rings. The smallest absolute Gasteiger partial charge is 0.239 e. The molecule has 2 unspecified atom stereocenters. The van der Waals surface area contributed by atoms with Crippen LogP contribution >= 0.6 is 11.8 Å². The minimum Gasteiger partial charge on any atom is -0.376 e. The van der Waals surface area contributed by atoms with Gasteiger partial charge in [0.05, 0.1) is 17.9 Å². The zero-order valence-corrected chi connectivity index (χ0v) is 16.9. The number of ether oxygens (including phenoxy) is 1. The van der Waals surface area contributed by atoms with Crippen LogP contribution in [0.15, 0.2) is 33.9 Å². The van der Waals surface area contributed by atoms with Gasteiger partial charge in [-0.05, 0) is 56.9 Å². The Bertz CT molecular complexity index is 979. The van der Waals surface area contributed by atoms with E-state index in [0.717, 1.165) is 48.8 Å². The van der Waals surface area contributed by atoms with Crippen LogP contribution < -0.4 is 0 Å². The predicted octanol–water partition coefficient (Wildman–Crippen LogP) is 4.38. The SMILES string of the molecule is CC(Sc1nnc(-c2ccc(F)cc2)n1CC1CCCO1)c1nc(C2CC2)no1. The van der Waals surface area contributed by atoms with Crippen molar-refractivity contribution in [3.05, 3.63) is 41.8 Å². The van der Waals surface area contributed by atoms with E-state index in [2.05, 4.69) is 24.9 Å². The molecule has 1 saturated heterocycles. The van der Waals surface area contributed by atoms with Gasteiger partial charge in [-0.3, -0.25) is 4.57 Å². The van der Waals surface area contributed by atoms with Crippen LogP contribution in [0.2, 0.25) is 0 Å². The highest BCUT2D eigenvalue weighted by molar-refractivity contribution is 7.99. The molecule has 152 valence electrons. The monoisotopic (exact) mass is 415 g/mol. The summed E-state index contributed by atoms with van der Waals surface area (Å²) < 4.78 is 26.7. The van der Waals surface area contributed by atoms with Crippen LogP contribution in [-0.4, -0.2) is 37.6 Å². The number of aromatic nitrogens is 5. The van der Waals surface area contributed by atoms with Crippen LogP contribution in [0.4, 0.5) is 4.39 Å². The van der Waals surface area contributed by atoms with Crippen molar-refractivity contribution in [2.45, 2.75) is 61.6 Å². The number of hydrogen-bond donors (Lipinski definition) is 0. The van der Waals surface area contributed by atoms with Crippen LogP contribution in [0.25, 0.3) is 11.4 Å². The van der Waals surface area contributed by atoms with Gasteiger partial charge < -0.3 is 9.26 Å². The van der Waals surface area contributed by atoms with Crippen LogP contribution in [0.1, 0.15) is 55.5 Å². The topological polar surface area (TPSA) is 78.9 Å². The second kappa shape index (κ2) is 7.87. The van der Waals surface area contributed by atoms with Crippen molar-refractivity contribution in [2.24, 2.45) is 0 Å². The second-order valence-corrected chi connectivity index (χ2v) is 8.89. The second-order valence-electron chi connectivity index (χ2n) is 7.58. The van der Waals surface area contributed by atoms with Crippen molar-refractivity contribution in [3.63, 3.8) is 0 Å². The van der Waals surface area contributed by atoms with E-state index in [0.29, 0.717) is 24.2 Å². The summed E-state index contributed by atoms with van der Waals surface area (Å²) in [6, 6.07) is 6.33. The first kappa shape index (κ1) is 18.7. The first-order valence-electron chi connectivity index (χ1n) is 9.98. The van der Waals surface area contributed by atoms with Gasteiger partial charge in [-0.15, -0.1) is 10.2 Å². The highest BCUT2D eigenvalue weighted by atomic mass is 32.2. The van der Waals surface area contributed by atoms with Crippen LogP contribution in [-0.2, 0) is 11.3 Å². The molecule has 0 spiro atoms. The third kappa shape index (κ3) is 4.06. The number of rotatable bonds is 7. The summed E-state index contributed by atoms with van der Waals surface area (Å²) in [5.41, 5.74) is 0.824. The normalized spacial score (nSPS) is 20.3. The standard InChI is InChI=1S/C20H22FN5O2S/c1-12(19-22-17(25-28-19)13-4-5-13)29-20-24-23-18(14-6-8-15(21)9-7-14)26(20)11-16-3-2-10-27-16/h6-9,12-13,16H,2-5,10-11H2,1H3. The van der Waals surface area contributed by atoms with Gasteiger partial charge in [0.1, 0.15) is 5.82 Å². The van der Waals surface area contributed by atoms with Crippen molar-refractivity contribution in [1.29, 1.82) is 0 Å². The lowest BCUT2D eigenvalue weighted by atomic mass is 10.2. The molecule has 3 heterocycles. The maximum absolute atomic E-state index is 13.4. The van der Waals surface area contributed by atoms with Crippen LogP contribution in [0.5, 0.6) is 0 Å². The summed E-state index contributed by atoms with van der Waals surface area (Å²) in [5.74, 6) is 2.30. The fourth-order valence-corrected chi connectivity index (χ4v) is 4.36. The van der Waals surface area contributed by atoms with Gasteiger partial charge in [0, 0.05) is 18.1 Å². The largest absolute Gasteiger partial charge is 0.376 e. The molecule has 29 heavy (non-hydrogen) atoms. The Balaban J connectivity index is 1.41. The van der Waals surface area contributed by atoms with Gasteiger partial charge in [0.25, 0.3) is 0 Å². The zero-order chi connectivity index (χ0) is 19.8. The number of hydrogen-bond acceptors (Lipinski definition) is 7. The fourth-order valence-electron chi connectivity index (χ4n) is 3.47. The van der Waals surface area contributed by atoms with Crippen molar-refractivity contribution in [3.8, 4) is 11.4 Å². The first-order chi connectivity index (χ1) is 14.2. The van der Waals surface area contributed by atoms with E-state index in [1.165, 1.54) is 23.9 Å². The molecular formula is C20H22FN5O2S. The molecule has 1 aliphatic heterocycles. The van der Waals surface area contributed by atoms with Crippen LogP contribution in [0.3, 0.4) is 0 Å². The Morgan fingerprint density at radius 1 is 1.21 bits per heavy atom. The molecule has 5 rings (SSSR count). The van der Waals surface area contributed by atoms with Gasteiger partial charge >= 0.3 is 0 Å². The molecule has 1 aromatic carbocycles. The molecule has 0 bridgehead atoms. The third-order valence-electron chi connectivity index (χ3n) is 5.26. The van der Waals surface area contributed by atoms with E-state index in [1.54, 1.807) is 12.1 Å². The van der Waals surface area contributed by atoms with Crippen LogP contribution in [0, 0.1) is 5.82 Å². The van der Waals surface area contributed by atoms with Crippen molar-refractivity contribution in [1.82, 2.24) is 24.9 Å². The summed E-state index contributed by atoms with van der Waals surface area (Å²) in [6.07, 6.45) is 4.47. The quantitative estimate of drug-likeness (QED) is 0.530. The first-order valence-corrected chi connectivity index (χ1v) is 10.9. The number of benzene rings is 1. The number of thioether (sulfide) groups is 1. The molecule has 0 amide bonds. The number of nitrogens with zero attached hydrogens (tertiary/aromatic N) is 5. The van der Waals surface area contributed by atoms with Crippen molar-refractivity contribution >= 4 is 11.8 Å². The highest BCUT2D eigenvalue weighted by Crippen LogP contribution is 2.40. The number of halogens is 1. The zero-order valence-electron chi connectivity index (χ0n) is 16.1. The van der Waals surface area contributed by atoms with E-state index in [-0.39, 0.29) is 17.2 Å². The molecule has 2 atom stereocenters. The molecule has 1 saturated carbocycles. The van der Waals surface area contributed by atoms with E-state index < -0.39 is 0 Å². The fraction of sp³-hybridized carbons (Fsp3) is 0.500. The molecule has 0 radical (unpaired) electrons. The van der Waals surface area contributed by atoms with E-state index in [9.17, 15) is 4.39 Å². The van der Waals surface area contributed by atoms with Gasteiger partial charge in [-0.1, -0.05) is 16.9 Å². The maximum Gasteiger partial charge on any atom is 0.239 e. The average Bonchev–Trinajstić information content (AvgIpc) is 3.11. The Hall–Kier alpha value is -2.26. The highest BCUT2D eigenvalue weighted by Gasteiger charge is 2.30. The molecule has 0 N–H and O–H groups in total. The summed E-state index contributed by atoms with van der Waals surface area (Å²) in [4.78, 5) is 4.55. The molecule has 3 aromatic rings. The Morgan fingerprint density at radius 3 is 2.76 bits per heavy atom. The molecule has 1 aliphatic carbocycles. The minimum absolute atomic E-state index is 0.0523. The Morgan fingerprint density at radius 2 is 2.03 bits per heavy atom. The molecule has 9 heteroatoms. The average molecular weight is 415 g/mol. The molecule has 7 nitrogen and oxygen atoms in total. The lowest BCUT2D eigenvalue weighted by Gasteiger charge is -2.15. The van der Waals surface area contributed by atoms with E-state index >= 15 is 0 Å². The van der Waals surface area contributed by atoms with Gasteiger partial charge in [0.2, 0.25) is 5.89 Å². The summed E-state index contributed by atoms with van der Waals surface area (Å²) in [7, 11) is 0. The summed E-state index contributed by atoms with van der Waals surface area (Å²) >= 11 is 1.53. The lowest BCUT2D eigenvalue weighted by molar-refractivity contribution is 0.0953. The van der Waals surface area contributed by atoms with Crippen molar-refractivity contribution < 1.29 is 13.7 Å². The van der Waals surface area contributed by atoms with Gasteiger partial charge in [-0.2, -0.15) is 4.98 Å². The predicted molar refractivity (Wildman–Crippen MR) is 105 cm³/mol. The van der Waals surface area contributed by atoms with Crippen molar-refractivity contribution in [2.75, 3.05) is 6.61 Å². The van der Waals surface area contributed by atoms with Gasteiger partial charge in [0.15, 0.2) is 16.8 Å². The lowest BCUT2D eigenvalue weighted by Crippen LogP contribution is -2.16.